The van der Waals surface area contributed by atoms with Crippen LogP contribution in [0.3, 0.4) is 0 Å². The highest BCUT2D eigenvalue weighted by Crippen LogP contribution is 2.50. The van der Waals surface area contributed by atoms with E-state index in [4.69, 9.17) is 0 Å². The quantitative estimate of drug-likeness (QED) is 0.497. The summed E-state index contributed by atoms with van der Waals surface area (Å²) in [6.45, 7) is 2.00. The highest BCUT2D eigenvalue weighted by Gasteiger charge is 2.17. The molecule has 1 nitrogen and oxygen atoms in total. The molecule has 0 spiro atoms. The topological polar surface area (TPSA) is 17.1 Å². The van der Waals surface area contributed by atoms with Gasteiger partial charge >= 0.3 is 0 Å². The molecule has 0 aliphatic carbocycles. The molecular formula is C6H11OP. The molecular weight excluding hydrogens is 119 g/mol. The molecule has 0 aromatic carbocycles. The molecule has 0 amide bonds. The van der Waals surface area contributed by atoms with Gasteiger partial charge in [0.25, 0.3) is 0 Å². The van der Waals surface area contributed by atoms with Gasteiger partial charge in [-0.25, -0.2) is 0 Å². The summed E-state index contributed by atoms with van der Waals surface area (Å²) in [5.41, 5.74) is 0. The lowest BCUT2D eigenvalue weighted by Crippen LogP contribution is -1.80. The second-order valence-corrected chi connectivity index (χ2v) is 5.45. The van der Waals surface area contributed by atoms with Gasteiger partial charge in [-0.3, -0.25) is 0 Å². The van der Waals surface area contributed by atoms with E-state index in [0.717, 1.165) is 18.7 Å². The molecule has 46 valence electrons. The van der Waals surface area contributed by atoms with Crippen molar-refractivity contribution in [3.8, 4) is 0 Å². The van der Waals surface area contributed by atoms with E-state index < -0.39 is 7.14 Å². The third-order valence-electron chi connectivity index (χ3n) is 1.59. The van der Waals surface area contributed by atoms with Crippen LogP contribution in [-0.2, 0) is 4.57 Å². The van der Waals surface area contributed by atoms with Crippen LogP contribution in [0.1, 0.15) is 13.3 Å². The van der Waals surface area contributed by atoms with Gasteiger partial charge in [0, 0.05) is 12.3 Å². The maximum absolute atomic E-state index is 11.3. The Morgan fingerprint density at radius 2 is 2.50 bits per heavy atom. The molecule has 0 aromatic heterocycles. The summed E-state index contributed by atoms with van der Waals surface area (Å²) in [5, 5.41) is 0. The third-order valence-corrected chi connectivity index (χ3v) is 4.43. The lowest BCUT2D eigenvalue weighted by Gasteiger charge is -2.01. The maximum atomic E-state index is 11.3. The summed E-state index contributed by atoms with van der Waals surface area (Å²) >= 11 is 0. The summed E-state index contributed by atoms with van der Waals surface area (Å²) in [7, 11) is -1.73. The van der Waals surface area contributed by atoms with Crippen molar-refractivity contribution in [2.75, 3.05) is 12.3 Å². The van der Waals surface area contributed by atoms with Crippen LogP contribution in [0, 0.1) is 0 Å². The summed E-state index contributed by atoms with van der Waals surface area (Å²) < 4.78 is 11.3. The van der Waals surface area contributed by atoms with Crippen molar-refractivity contribution >= 4 is 7.14 Å². The standard InChI is InChI=1S/C6H11OP/c1-2-8(7)5-3-4-6-8/h3,5H,2,4,6H2,1H3. The zero-order valence-corrected chi connectivity index (χ0v) is 6.03. The number of hydrogen-bond acceptors (Lipinski definition) is 1. The normalized spacial score (nSPS) is 36.1. The molecule has 0 fully saturated rings. The molecule has 0 radical (unpaired) electrons. The molecule has 1 atom stereocenters. The zero-order valence-electron chi connectivity index (χ0n) is 5.13. The number of allylic oxidation sites excluding steroid dienone is 1. The molecule has 1 rings (SSSR count). The average molecular weight is 130 g/mol. The first kappa shape index (κ1) is 6.10. The fourth-order valence-electron chi connectivity index (χ4n) is 0.898. The molecule has 0 saturated heterocycles. The van der Waals surface area contributed by atoms with Gasteiger partial charge in [-0.2, -0.15) is 0 Å². The van der Waals surface area contributed by atoms with Gasteiger partial charge in [-0.15, -0.1) is 0 Å². The Morgan fingerprint density at radius 3 is 2.75 bits per heavy atom. The first-order valence-electron chi connectivity index (χ1n) is 3.02. The molecule has 1 heterocycles. The number of rotatable bonds is 1. The molecule has 0 aromatic rings. The smallest absolute Gasteiger partial charge is 0.108 e. The van der Waals surface area contributed by atoms with E-state index in [0.29, 0.717) is 0 Å². The van der Waals surface area contributed by atoms with Crippen LogP contribution in [0.25, 0.3) is 0 Å². The molecule has 0 saturated carbocycles. The monoisotopic (exact) mass is 130 g/mol. The van der Waals surface area contributed by atoms with Crippen molar-refractivity contribution in [1.29, 1.82) is 0 Å². The van der Waals surface area contributed by atoms with Crippen LogP contribution in [0.5, 0.6) is 0 Å². The predicted octanol–water partition coefficient (Wildman–Crippen LogP) is 2.29. The highest BCUT2D eigenvalue weighted by atomic mass is 31.2. The highest BCUT2D eigenvalue weighted by molar-refractivity contribution is 7.67. The summed E-state index contributed by atoms with van der Waals surface area (Å²) in [5.74, 6) is 1.91. The van der Waals surface area contributed by atoms with Gasteiger partial charge in [0.2, 0.25) is 0 Å². The van der Waals surface area contributed by atoms with Crippen molar-refractivity contribution in [3.05, 3.63) is 11.9 Å². The van der Waals surface area contributed by atoms with E-state index in [1.54, 1.807) is 0 Å². The first-order chi connectivity index (χ1) is 3.77. The fraction of sp³-hybridized carbons (Fsp3) is 0.667. The van der Waals surface area contributed by atoms with Crippen molar-refractivity contribution in [1.82, 2.24) is 0 Å². The summed E-state index contributed by atoms with van der Waals surface area (Å²) in [6.07, 6.45) is 4.84. The van der Waals surface area contributed by atoms with Crippen molar-refractivity contribution in [2.24, 2.45) is 0 Å². The Hall–Kier alpha value is -0.0300. The Balaban J connectivity index is 2.69. The lowest BCUT2D eigenvalue weighted by molar-refractivity contribution is 0.582. The van der Waals surface area contributed by atoms with Gasteiger partial charge in [0.05, 0.1) is 0 Å². The Kier molecular flexibility index (Phi) is 1.57. The minimum atomic E-state index is -1.73. The van der Waals surface area contributed by atoms with Crippen molar-refractivity contribution in [2.45, 2.75) is 13.3 Å². The van der Waals surface area contributed by atoms with Crippen LogP contribution < -0.4 is 0 Å². The molecule has 1 aliphatic heterocycles. The van der Waals surface area contributed by atoms with Crippen LogP contribution in [0.15, 0.2) is 11.9 Å². The molecule has 2 heteroatoms. The van der Waals surface area contributed by atoms with Gasteiger partial charge in [-0.1, -0.05) is 13.0 Å². The van der Waals surface area contributed by atoms with E-state index in [1.165, 1.54) is 0 Å². The fourth-order valence-corrected chi connectivity index (χ4v) is 2.69. The Labute approximate surface area is 50.2 Å². The van der Waals surface area contributed by atoms with E-state index in [-0.39, 0.29) is 0 Å². The molecule has 0 N–H and O–H groups in total. The minimum absolute atomic E-state index is 0.851. The van der Waals surface area contributed by atoms with Crippen LogP contribution in [0.2, 0.25) is 0 Å². The van der Waals surface area contributed by atoms with Crippen LogP contribution >= 0.6 is 7.14 Å². The van der Waals surface area contributed by atoms with Crippen molar-refractivity contribution in [3.63, 3.8) is 0 Å². The minimum Gasteiger partial charge on any atom is -0.319 e. The summed E-state index contributed by atoms with van der Waals surface area (Å²) in [4.78, 5) is 0. The third kappa shape index (κ3) is 1.03. The van der Waals surface area contributed by atoms with Gasteiger partial charge in [-0.05, 0) is 12.2 Å². The van der Waals surface area contributed by atoms with Crippen LogP contribution in [0.4, 0.5) is 0 Å². The van der Waals surface area contributed by atoms with E-state index in [9.17, 15) is 4.57 Å². The van der Waals surface area contributed by atoms with E-state index >= 15 is 0 Å². The maximum Gasteiger partial charge on any atom is 0.108 e. The second kappa shape index (κ2) is 2.06. The van der Waals surface area contributed by atoms with Crippen molar-refractivity contribution < 1.29 is 4.57 Å². The van der Waals surface area contributed by atoms with E-state index in [2.05, 4.69) is 0 Å². The molecule has 8 heavy (non-hydrogen) atoms. The predicted molar refractivity (Wildman–Crippen MR) is 36.8 cm³/mol. The Morgan fingerprint density at radius 1 is 1.75 bits per heavy atom. The first-order valence-corrected chi connectivity index (χ1v) is 5.17. The van der Waals surface area contributed by atoms with Gasteiger partial charge in [0.1, 0.15) is 7.14 Å². The zero-order chi connectivity index (χ0) is 6.04. The second-order valence-electron chi connectivity index (χ2n) is 2.17. The average Bonchev–Trinajstić information content (AvgIpc) is 2.17. The largest absolute Gasteiger partial charge is 0.319 e. The SMILES string of the molecule is CCP1(=O)C=CCC1. The van der Waals surface area contributed by atoms with Gasteiger partial charge in [0.15, 0.2) is 0 Å². The molecule has 0 bridgehead atoms. The summed E-state index contributed by atoms with van der Waals surface area (Å²) in [6, 6.07) is 0. The van der Waals surface area contributed by atoms with Crippen LogP contribution in [-0.4, -0.2) is 12.3 Å². The molecule has 1 unspecified atom stereocenters. The van der Waals surface area contributed by atoms with E-state index in [1.807, 2.05) is 18.8 Å². The number of hydrogen-bond donors (Lipinski definition) is 0. The lowest BCUT2D eigenvalue weighted by atomic mass is 10.5. The Bertz CT molecular complexity index is 149. The van der Waals surface area contributed by atoms with Gasteiger partial charge < -0.3 is 4.57 Å². The molecule has 1 aliphatic rings.